The maximum Gasteiger partial charge on any atom is 0.194 e. The molecule has 2 heterocycles. The highest BCUT2D eigenvalue weighted by atomic mass is 16.3. The molecular weight excluding hydrogens is 364 g/mol. The van der Waals surface area contributed by atoms with Gasteiger partial charge < -0.3 is 10.2 Å². The van der Waals surface area contributed by atoms with Gasteiger partial charge in [-0.3, -0.25) is 0 Å². The molecule has 1 atom stereocenters. The Bertz CT molecular complexity index is 1100. The molecule has 2 aromatic carbocycles. The zero-order valence-corrected chi connectivity index (χ0v) is 15.4. The molecule has 0 aliphatic rings. The molecule has 6 heteroatoms. The van der Waals surface area contributed by atoms with E-state index in [1.807, 2.05) is 60.7 Å². The molecule has 0 bridgehead atoms. The first-order chi connectivity index (χ1) is 14.2. The van der Waals surface area contributed by atoms with E-state index < -0.39 is 6.10 Å². The fourth-order valence-electron chi connectivity index (χ4n) is 2.81. The zero-order valence-electron chi connectivity index (χ0n) is 15.4. The number of hydrogen-bond acceptors (Lipinski definition) is 6. The Balaban J connectivity index is 1.50. The summed E-state index contributed by atoms with van der Waals surface area (Å²) in [6.45, 7) is 0. The van der Waals surface area contributed by atoms with Gasteiger partial charge in [0, 0.05) is 35.9 Å². The Kier molecular flexibility index (Phi) is 5.36. The summed E-state index contributed by atoms with van der Waals surface area (Å²) in [6.07, 6.45) is 6.55. The van der Waals surface area contributed by atoms with Crippen LogP contribution in [0.3, 0.4) is 0 Å². The van der Waals surface area contributed by atoms with Gasteiger partial charge in [0.25, 0.3) is 0 Å². The Labute approximate surface area is 167 Å². The minimum absolute atomic E-state index is 0.115. The summed E-state index contributed by atoms with van der Waals surface area (Å²) in [7, 11) is 0. The topological polar surface area (TPSA) is 92.0 Å². The van der Waals surface area contributed by atoms with E-state index in [-0.39, 0.29) is 17.4 Å². The lowest BCUT2D eigenvalue weighted by atomic mass is 10.1. The van der Waals surface area contributed by atoms with Crippen molar-refractivity contribution in [3.63, 3.8) is 0 Å². The molecule has 0 saturated heterocycles. The van der Waals surface area contributed by atoms with Crippen molar-refractivity contribution in [2.24, 2.45) is 0 Å². The van der Waals surface area contributed by atoms with Crippen LogP contribution in [0.2, 0.25) is 0 Å². The lowest BCUT2D eigenvalue weighted by Crippen LogP contribution is -2.03. The van der Waals surface area contributed by atoms with Crippen molar-refractivity contribution in [3.8, 4) is 22.3 Å². The Morgan fingerprint density at radius 1 is 0.655 bits per heavy atom. The smallest absolute Gasteiger partial charge is 0.194 e. The van der Waals surface area contributed by atoms with Crippen LogP contribution >= 0.6 is 0 Å². The van der Waals surface area contributed by atoms with Gasteiger partial charge in [-0.15, -0.1) is 0 Å². The van der Waals surface area contributed by atoms with Crippen LogP contribution in [0.25, 0.3) is 28.0 Å². The zero-order chi connectivity index (χ0) is 20.1. The van der Waals surface area contributed by atoms with E-state index in [9.17, 15) is 10.2 Å². The largest absolute Gasteiger partial charge is 0.504 e. The highest BCUT2D eigenvalue weighted by Crippen LogP contribution is 2.21. The van der Waals surface area contributed by atoms with Crippen molar-refractivity contribution in [1.82, 2.24) is 19.9 Å². The number of aromatic nitrogens is 4. The van der Waals surface area contributed by atoms with Gasteiger partial charge in [-0.2, -0.15) is 0 Å². The normalized spacial score (nSPS) is 12.5. The third-order valence-corrected chi connectivity index (χ3v) is 4.35. The van der Waals surface area contributed by atoms with E-state index in [2.05, 4.69) is 19.9 Å². The Morgan fingerprint density at radius 2 is 1.10 bits per heavy atom. The number of aliphatic hydroxyl groups is 2. The average molecular weight is 382 g/mol. The van der Waals surface area contributed by atoms with Gasteiger partial charge in [-0.25, -0.2) is 19.9 Å². The molecular formula is C23H18N4O2. The molecule has 2 aromatic heterocycles. The summed E-state index contributed by atoms with van der Waals surface area (Å²) >= 11 is 0. The van der Waals surface area contributed by atoms with E-state index in [0.717, 1.165) is 22.3 Å². The molecule has 0 radical (unpaired) electrons. The fourth-order valence-corrected chi connectivity index (χ4v) is 2.81. The van der Waals surface area contributed by atoms with Crippen LogP contribution in [0.4, 0.5) is 0 Å². The number of nitrogens with zero attached hydrogens (tertiary/aromatic N) is 4. The first-order valence-electron chi connectivity index (χ1n) is 9.05. The first-order valence-corrected chi connectivity index (χ1v) is 9.05. The predicted molar refractivity (Wildman–Crippen MR) is 111 cm³/mol. The van der Waals surface area contributed by atoms with E-state index in [1.54, 1.807) is 24.8 Å². The van der Waals surface area contributed by atoms with Crippen LogP contribution in [0.1, 0.15) is 17.8 Å². The molecule has 29 heavy (non-hydrogen) atoms. The quantitative estimate of drug-likeness (QED) is 0.502. The van der Waals surface area contributed by atoms with Crippen LogP contribution < -0.4 is 0 Å². The van der Waals surface area contributed by atoms with Crippen molar-refractivity contribution in [3.05, 3.63) is 103 Å². The summed E-state index contributed by atoms with van der Waals surface area (Å²) < 4.78 is 0. The molecule has 6 nitrogen and oxygen atoms in total. The monoisotopic (exact) mass is 382 g/mol. The number of benzene rings is 2. The predicted octanol–water partition coefficient (Wildman–Crippen LogP) is 4.23. The average Bonchev–Trinajstić information content (AvgIpc) is 2.80. The summed E-state index contributed by atoms with van der Waals surface area (Å²) in [4.78, 5) is 16.7. The van der Waals surface area contributed by atoms with Crippen molar-refractivity contribution < 1.29 is 10.2 Å². The van der Waals surface area contributed by atoms with Gasteiger partial charge in [-0.05, 0) is 17.2 Å². The van der Waals surface area contributed by atoms with Crippen molar-refractivity contribution >= 4 is 5.76 Å². The van der Waals surface area contributed by atoms with Crippen LogP contribution in [0.5, 0.6) is 0 Å². The molecule has 0 saturated carbocycles. The van der Waals surface area contributed by atoms with E-state index in [4.69, 9.17) is 0 Å². The van der Waals surface area contributed by atoms with Crippen LogP contribution in [0.15, 0.2) is 91.5 Å². The lowest BCUT2D eigenvalue weighted by molar-refractivity contribution is 0.216. The second kappa shape index (κ2) is 8.41. The van der Waals surface area contributed by atoms with E-state index in [0.29, 0.717) is 0 Å². The maximum absolute atomic E-state index is 10.3. The lowest BCUT2D eigenvalue weighted by Gasteiger charge is -2.07. The van der Waals surface area contributed by atoms with Gasteiger partial charge in [0.1, 0.15) is 6.10 Å². The first kappa shape index (κ1) is 18.5. The van der Waals surface area contributed by atoms with Crippen LogP contribution in [-0.4, -0.2) is 30.1 Å². The maximum atomic E-state index is 10.3. The molecule has 1 unspecified atom stereocenters. The number of rotatable bonds is 5. The summed E-state index contributed by atoms with van der Waals surface area (Å²) in [5.41, 5.74) is 3.64. The third-order valence-electron chi connectivity index (χ3n) is 4.35. The highest BCUT2D eigenvalue weighted by molar-refractivity contribution is 5.63. The van der Waals surface area contributed by atoms with Gasteiger partial charge in [-0.1, -0.05) is 60.7 Å². The van der Waals surface area contributed by atoms with Gasteiger partial charge >= 0.3 is 0 Å². The second-order valence-corrected chi connectivity index (χ2v) is 6.35. The molecule has 0 fully saturated rings. The molecule has 142 valence electrons. The summed E-state index contributed by atoms with van der Waals surface area (Å²) in [6, 6.07) is 19.4. The molecule has 0 aliphatic carbocycles. The van der Waals surface area contributed by atoms with Crippen LogP contribution in [-0.2, 0) is 0 Å². The standard InChI is InChI=1S/C23H18N4O2/c28-20(22-24-12-18(13-25-22)16-7-3-1-4-8-16)11-21(29)23-26-14-19(15-27-23)17-9-5-2-6-10-17/h1-15,20,28-29H. The second-order valence-electron chi connectivity index (χ2n) is 6.35. The van der Waals surface area contributed by atoms with Gasteiger partial charge in [0.05, 0.1) is 0 Å². The SMILES string of the molecule is OC(=CC(O)c1ncc(-c2ccccc2)cn1)c1ncc(-c2ccccc2)cn1. The van der Waals surface area contributed by atoms with E-state index >= 15 is 0 Å². The molecule has 2 N–H and O–H groups in total. The molecule has 0 aliphatic heterocycles. The third kappa shape index (κ3) is 4.34. The van der Waals surface area contributed by atoms with Gasteiger partial charge in [0.15, 0.2) is 17.4 Å². The Morgan fingerprint density at radius 3 is 1.59 bits per heavy atom. The molecule has 0 spiro atoms. The van der Waals surface area contributed by atoms with E-state index in [1.165, 1.54) is 6.08 Å². The van der Waals surface area contributed by atoms with Crippen molar-refractivity contribution in [2.75, 3.05) is 0 Å². The molecule has 4 aromatic rings. The van der Waals surface area contributed by atoms with Gasteiger partial charge in [0.2, 0.25) is 0 Å². The minimum Gasteiger partial charge on any atom is -0.504 e. The van der Waals surface area contributed by atoms with Crippen molar-refractivity contribution in [2.45, 2.75) is 6.10 Å². The van der Waals surface area contributed by atoms with Crippen LogP contribution in [0, 0.1) is 0 Å². The molecule has 4 rings (SSSR count). The molecule has 0 amide bonds. The number of hydrogen-bond donors (Lipinski definition) is 2. The van der Waals surface area contributed by atoms with Crippen molar-refractivity contribution in [1.29, 1.82) is 0 Å². The summed E-state index contributed by atoms with van der Waals surface area (Å²) in [5, 5.41) is 20.6. The fraction of sp³-hybridized carbons (Fsp3) is 0.0435. The summed E-state index contributed by atoms with van der Waals surface area (Å²) in [5.74, 6) is 0.0506. The highest BCUT2D eigenvalue weighted by Gasteiger charge is 2.12. The Hall–Kier alpha value is -3.90. The number of aliphatic hydroxyl groups excluding tert-OH is 2. The minimum atomic E-state index is -1.18.